The van der Waals surface area contributed by atoms with Crippen molar-refractivity contribution in [3.63, 3.8) is 0 Å². The lowest BCUT2D eigenvalue weighted by Gasteiger charge is -2.19. The summed E-state index contributed by atoms with van der Waals surface area (Å²) in [6.07, 6.45) is 1.61. The van der Waals surface area contributed by atoms with Gasteiger partial charge in [0.15, 0.2) is 0 Å². The minimum atomic E-state index is -0.139. The molecule has 0 saturated carbocycles. The lowest BCUT2D eigenvalue weighted by molar-refractivity contribution is 0.0935. The molecule has 0 radical (unpaired) electrons. The highest BCUT2D eigenvalue weighted by atomic mass is 16.3. The van der Waals surface area contributed by atoms with Crippen LogP contribution in [-0.2, 0) is 5.41 Å². The van der Waals surface area contributed by atoms with E-state index in [1.165, 1.54) is 5.56 Å². The Morgan fingerprint density at radius 3 is 2.30 bits per heavy atom. The topological polar surface area (TPSA) is 42.2 Å². The first kappa shape index (κ1) is 14.4. The van der Waals surface area contributed by atoms with Crippen molar-refractivity contribution in [2.24, 2.45) is 0 Å². The van der Waals surface area contributed by atoms with Crippen LogP contribution in [0.4, 0.5) is 0 Å². The summed E-state index contributed by atoms with van der Waals surface area (Å²) >= 11 is 0. The molecule has 2 aromatic rings. The molecule has 0 saturated heterocycles. The molecule has 3 heteroatoms. The zero-order valence-corrected chi connectivity index (χ0v) is 12.4. The average molecular weight is 271 g/mol. The first-order valence-corrected chi connectivity index (χ1v) is 6.83. The third kappa shape index (κ3) is 3.29. The van der Waals surface area contributed by atoms with Crippen LogP contribution < -0.4 is 5.32 Å². The molecular weight excluding hydrogens is 250 g/mol. The summed E-state index contributed by atoms with van der Waals surface area (Å²) in [6.45, 7) is 8.36. The van der Waals surface area contributed by atoms with Gasteiger partial charge in [-0.05, 0) is 42.2 Å². The van der Waals surface area contributed by atoms with E-state index in [1.807, 2.05) is 43.3 Å². The van der Waals surface area contributed by atoms with Crippen molar-refractivity contribution >= 4 is 5.91 Å². The van der Waals surface area contributed by atoms with Crippen LogP contribution in [0.15, 0.2) is 47.1 Å². The van der Waals surface area contributed by atoms with Crippen molar-refractivity contribution in [3.05, 3.63) is 59.5 Å². The molecule has 2 rings (SSSR count). The van der Waals surface area contributed by atoms with E-state index in [4.69, 9.17) is 4.42 Å². The van der Waals surface area contributed by atoms with Crippen molar-refractivity contribution in [2.75, 3.05) is 0 Å². The SMILES string of the molecule is C[C@@H](NC(=O)c1ccc(C(C)(C)C)cc1)c1ccco1. The number of hydrogen-bond donors (Lipinski definition) is 1. The summed E-state index contributed by atoms with van der Waals surface area (Å²) in [5.74, 6) is 0.666. The first-order chi connectivity index (χ1) is 9.38. The number of carbonyl (C=O) groups is 1. The second-order valence-corrected chi connectivity index (χ2v) is 6.04. The van der Waals surface area contributed by atoms with Gasteiger partial charge in [-0.2, -0.15) is 0 Å². The smallest absolute Gasteiger partial charge is 0.251 e. The fourth-order valence-corrected chi connectivity index (χ4v) is 2.01. The van der Waals surface area contributed by atoms with Crippen molar-refractivity contribution in [2.45, 2.75) is 39.2 Å². The van der Waals surface area contributed by atoms with E-state index >= 15 is 0 Å². The Labute approximate surface area is 120 Å². The van der Waals surface area contributed by atoms with Gasteiger partial charge >= 0.3 is 0 Å². The minimum absolute atomic E-state index is 0.0886. The molecule has 0 spiro atoms. The van der Waals surface area contributed by atoms with Crippen LogP contribution in [0.1, 0.15) is 55.4 Å². The molecule has 0 bridgehead atoms. The van der Waals surface area contributed by atoms with Crippen molar-refractivity contribution in [3.8, 4) is 0 Å². The highest BCUT2D eigenvalue weighted by molar-refractivity contribution is 5.94. The van der Waals surface area contributed by atoms with E-state index in [0.29, 0.717) is 5.56 Å². The fraction of sp³-hybridized carbons (Fsp3) is 0.353. The normalized spacial score (nSPS) is 13.0. The number of furan rings is 1. The number of benzene rings is 1. The van der Waals surface area contributed by atoms with Crippen LogP contribution in [0.25, 0.3) is 0 Å². The van der Waals surface area contributed by atoms with Gasteiger partial charge in [0.1, 0.15) is 5.76 Å². The van der Waals surface area contributed by atoms with Crippen LogP contribution in [0.2, 0.25) is 0 Å². The molecule has 0 fully saturated rings. The average Bonchev–Trinajstić information content (AvgIpc) is 2.91. The summed E-state index contributed by atoms with van der Waals surface area (Å²) in [7, 11) is 0. The van der Waals surface area contributed by atoms with Crippen LogP contribution in [-0.4, -0.2) is 5.91 Å². The maximum atomic E-state index is 12.2. The summed E-state index contributed by atoms with van der Waals surface area (Å²) in [5, 5.41) is 2.92. The lowest BCUT2D eigenvalue weighted by Crippen LogP contribution is -2.26. The molecule has 3 nitrogen and oxygen atoms in total. The monoisotopic (exact) mass is 271 g/mol. The molecule has 1 amide bonds. The number of carbonyl (C=O) groups excluding carboxylic acids is 1. The van der Waals surface area contributed by atoms with Gasteiger partial charge in [0.05, 0.1) is 12.3 Å². The summed E-state index contributed by atoms with van der Waals surface area (Å²) in [4.78, 5) is 12.2. The second kappa shape index (κ2) is 5.53. The molecule has 106 valence electrons. The van der Waals surface area contributed by atoms with Gasteiger partial charge in [-0.25, -0.2) is 0 Å². The van der Waals surface area contributed by atoms with Gasteiger partial charge in [0.25, 0.3) is 5.91 Å². The molecule has 1 heterocycles. The third-order valence-electron chi connectivity index (χ3n) is 3.33. The lowest BCUT2D eigenvalue weighted by atomic mass is 9.86. The largest absolute Gasteiger partial charge is 0.467 e. The Kier molecular flexibility index (Phi) is 3.98. The summed E-state index contributed by atoms with van der Waals surface area (Å²) < 4.78 is 5.28. The Hall–Kier alpha value is -2.03. The van der Waals surface area contributed by atoms with Gasteiger partial charge < -0.3 is 9.73 Å². The van der Waals surface area contributed by atoms with E-state index in [-0.39, 0.29) is 17.4 Å². The number of hydrogen-bond acceptors (Lipinski definition) is 2. The van der Waals surface area contributed by atoms with Gasteiger partial charge in [-0.1, -0.05) is 32.9 Å². The maximum Gasteiger partial charge on any atom is 0.251 e. The Balaban J connectivity index is 2.06. The van der Waals surface area contributed by atoms with Crippen molar-refractivity contribution in [1.82, 2.24) is 5.32 Å². The standard InChI is InChI=1S/C17H21NO2/c1-12(15-6-5-11-20-15)18-16(19)13-7-9-14(10-8-13)17(2,3)4/h5-12H,1-4H3,(H,18,19)/t12-/m1/s1. The second-order valence-electron chi connectivity index (χ2n) is 6.04. The number of amides is 1. The molecule has 1 aromatic heterocycles. The molecule has 1 aromatic carbocycles. The molecular formula is C17H21NO2. The molecule has 0 aliphatic carbocycles. The molecule has 0 aliphatic rings. The van der Waals surface area contributed by atoms with E-state index in [0.717, 1.165) is 5.76 Å². The van der Waals surface area contributed by atoms with E-state index < -0.39 is 0 Å². The van der Waals surface area contributed by atoms with Crippen molar-refractivity contribution in [1.29, 1.82) is 0 Å². The van der Waals surface area contributed by atoms with E-state index in [1.54, 1.807) is 6.26 Å². The van der Waals surface area contributed by atoms with E-state index in [2.05, 4.69) is 26.1 Å². The van der Waals surface area contributed by atoms with Crippen molar-refractivity contribution < 1.29 is 9.21 Å². The fourth-order valence-electron chi connectivity index (χ4n) is 2.01. The maximum absolute atomic E-state index is 12.2. The Morgan fingerprint density at radius 1 is 1.15 bits per heavy atom. The third-order valence-corrected chi connectivity index (χ3v) is 3.33. The highest BCUT2D eigenvalue weighted by Gasteiger charge is 2.16. The Morgan fingerprint density at radius 2 is 1.80 bits per heavy atom. The zero-order chi connectivity index (χ0) is 14.8. The van der Waals surface area contributed by atoms with Crippen LogP contribution >= 0.6 is 0 Å². The Bertz CT molecular complexity index is 562. The summed E-state index contributed by atoms with van der Waals surface area (Å²) in [6, 6.07) is 11.3. The predicted molar refractivity (Wildman–Crippen MR) is 79.7 cm³/mol. The molecule has 1 atom stereocenters. The number of nitrogens with one attached hydrogen (secondary N) is 1. The number of rotatable bonds is 3. The minimum Gasteiger partial charge on any atom is -0.467 e. The molecule has 20 heavy (non-hydrogen) atoms. The van der Waals surface area contributed by atoms with Gasteiger partial charge in [-0.3, -0.25) is 4.79 Å². The van der Waals surface area contributed by atoms with Gasteiger partial charge in [-0.15, -0.1) is 0 Å². The van der Waals surface area contributed by atoms with Crippen LogP contribution in [0.5, 0.6) is 0 Å². The van der Waals surface area contributed by atoms with Gasteiger partial charge in [0.2, 0.25) is 0 Å². The van der Waals surface area contributed by atoms with Gasteiger partial charge in [0, 0.05) is 5.56 Å². The molecule has 0 unspecified atom stereocenters. The predicted octanol–water partition coefficient (Wildman–Crippen LogP) is 4.07. The molecule has 0 aliphatic heterocycles. The summed E-state index contributed by atoms with van der Waals surface area (Å²) in [5.41, 5.74) is 1.97. The zero-order valence-electron chi connectivity index (χ0n) is 12.4. The highest BCUT2D eigenvalue weighted by Crippen LogP contribution is 2.22. The van der Waals surface area contributed by atoms with Crippen LogP contribution in [0.3, 0.4) is 0 Å². The quantitative estimate of drug-likeness (QED) is 0.914. The van der Waals surface area contributed by atoms with Crippen LogP contribution in [0, 0.1) is 0 Å². The first-order valence-electron chi connectivity index (χ1n) is 6.83. The van der Waals surface area contributed by atoms with E-state index in [9.17, 15) is 4.79 Å². The molecule has 1 N–H and O–H groups in total.